The molecule has 8 heteroatoms. The van der Waals surface area contributed by atoms with E-state index in [-0.39, 0.29) is 5.92 Å². The summed E-state index contributed by atoms with van der Waals surface area (Å²) in [5, 5.41) is 12.9. The SMILES string of the molecule is CC[C@H](C)[C@H](NC(=O)Nc1c(F)cc(F)cc1F)C(=O)O. The summed E-state index contributed by atoms with van der Waals surface area (Å²) in [6.07, 6.45) is 0.483. The van der Waals surface area contributed by atoms with Crippen LogP contribution in [0.25, 0.3) is 0 Å². The minimum absolute atomic E-state index is 0.379. The van der Waals surface area contributed by atoms with Crippen LogP contribution in [0.5, 0.6) is 0 Å². The number of amides is 2. The molecule has 0 fully saturated rings. The first-order chi connectivity index (χ1) is 9.76. The van der Waals surface area contributed by atoms with Gasteiger partial charge in [0.2, 0.25) is 0 Å². The molecule has 1 aromatic rings. The fourth-order valence-electron chi connectivity index (χ4n) is 1.64. The van der Waals surface area contributed by atoms with Gasteiger partial charge < -0.3 is 15.7 Å². The first kappa shape index (κ1) is 16.8. The van der Waals surface area contributed by atoms with Crippen LogP contribution in [0.3, 0.4) is 0 Å². The minimum atomic E-state index is -1.29. The number of halogens is 3. The van der Waals surface area contributed by atoms with Crippen LogP contribution in [0.4, 0.5) is 23.7 Å². The summed E-state index contributed by atoms with van der Waals surface area (Å²) in [6.45, 7) is 3.34. The summed E-state index contributed by atoms with van der Waals surface area (Å²) in [6, 6.07) is -1.49. The standard InChI is InChI=1S/C13H15F3N2O3/c1-3-6(2)10(12(19)20)17-13(21)18-11-8(15)4-7(14)5-9(11)16/h4-6,10H,3H2,1-2H3,(H,19,20)(H2,17,18,21)/t6-,10-/m0/s1. The predicted molar refractivity (Wildman–Crippen MR) is 69.3 cm³/mol. The third-order valence-corrected chi connectivity index (χ3v) is 3.01. The van der Waals surface area contributed by atoms with E-state index in [2.05, 4.69) is 5.32 Å². The van der Waals surface area contributed by atoms with E-state index in [1.807, 2.05) is 5.32 Å². The first-order valence-electron chi connectivity index (χ1n) is 6.21. The number of carbonyl (C=O) groups is 2. The van der Waals surface area contributed by atoms with Gasteiger partial charge in [-0.1, -0.05) is 20.3 Å². The summed E-state index contributed by atoms with van der Waals surface area (Å²) < 4.78 is 39.4. The number of benzene rings is 1. The Morgan fingerprint density at radius 3 is 2.19 bits per heavy atom. The van der Waals surface area contributed by atoms with E-state index >= 15 is 0 Å². The van der Waals surface area contributed by atoms with Crippen molar-refractivity contribution in [2.45, 2.75) is 26.3 Å². The summed E-state index contributed by atoms with van der Waals surface area (Å²) in [7, 11) is 0. The van der Waals surface area contributed by atoms with Gasteiger partial charge in [-0.05, 0) is 5.92 Å². The molecule has 0 aliphatic rings. The lowest BCUT2D eigenvalue weighted by molar-refractivity contribution is -0.140. The van der Waals surface area contributed by atoms with Gasteiger partial charge in [0.1, 0.15) is 17.5 Å². The molecule has 2 atom stereocenters. The quantitative estimate of drug-likeness (QED) is 0.782. The largest absolute Gasteiger partial charge is 0.480 e. The smallest absolute Gasteiger partial charge is 0.326 e. The van der Waals surface area contributed by atoms with Crippen molar-refractivity contribution in [2.75, 3.05) is 5.32 Å². The number of aliphatic carboxylic acids is 1. The highest BCUT2D eigenvalue weighted by Crippen LogP contribution is 2.20. The molecule has 0 saturated carbocycles. The first-order valence-corrected chi connectivity index (χ1v) is 6.21. The van der Waals surface area contributed by atoms with Gasteiger partial charge in [-0.25, -0.2) is 22.8 Å². The highest BCUT2D eigenvalue weighted by atomic mass is 19.1. The number of anilines is 1. The molecule has 0 heterocycles. The minimum Gasteiger partial charge on any atom is -0.480 e. The summed E-state index contributed by atoms with van der Waals surface area (Å²) >= 11 is 0. The van der Waals surface area contributed by atoms with Crippen molar-refractivity contribution in [3.05, 3.63) is 29.6 Å². The number of nitrogens with one attached hydrogen (secondary N) is 2. The maximum atomic E-state index is 13.4. The molecule has 0 spiro atoms. The summed E-state index contributed by atoms with van der Waals surface area (Å²) in [5.74, 6) is -5.36. The lowest BCUT2D eigenvalue weighted by Crippen LogP contribution is -2.46. The van der Waals surface area contributed by atoms with Gasteiger partial charge in [0, 0.05) is 12.1 Å². The van der Waals surface area contributed by atoms with Crippen LogP contribution in [-0.4, -0.2) is 23.1 Å². The number of rotatable bonds is 5. The van der Waals surface area contributed by atoms with E-state index in [0.29, 0.717) is 18.6 Å². The Morgan fingerprint density at radius 1 is 1.24 bits per heavy atom. The van der Waals surface area contributed by atoms with Gasteiger partial charge in [-0.3, -0.25) is 0 Å². The maximum Gasteiger partial charge on any atom is 0.326 e. The molecule has 0 bridgehead atoms. The van der Waals surface area contributed by atoms with E-state index in [4.69, 9.17) is 5.11 Å². The highest BCUT2D eigenvalue weighted by Gasteiger charge is 2.26. The monoisotopic (exact) mass is 304 g/mol. The van der Waals surface area contributed by atoms with Crippen molar-refractivity contribution in [1.82, 2.24) is 5.32 Å². The number of hydrogen-bond acceptors (Lipinski definition) is 2. The molecule has 0 saturated heterocycles. The van der Waals surface area contributed by atoms with E-state index in [1.54, 1.807) is 13.8 Å². The molecule has 0 aromatic heterocycles. The lowest BCUT2D eigenvalue weighted by Gasteiger charge is -2.20. The topological polar surface area (TPSA) is 78.4 Å². The highest BCUT2D eigenvalue weighted by molar-refractivity contribution is 5.92. The molecule has 116 valence electrons. The summed E-state index contributed by atoms with van der Waals surface area (Å²) in [4.78, 5) is 22.7. The van der Waals surface area contributed by atoms with Crippen LogP contribution in [0.15, 0.2) is 12.1 Å². The Morgan fingerprint density at radius 2 is 1.76 bits per heavy atom. The lowest BCUT2D eigenvalue weighted by atomic mass is 9.99. The third-order valence-electron chi connectivity index (χ3n) is 3.01. The van der Waals surface area contributed by atoms with Gasteiger partial charge in [0.25, 0.3) is 0 Å². The van der Waals surface area contributed by atoms with E-state index < -0.39 is 41.2 Å². The number of urea groups is 1. The Kier molecular flexibility index (Phi) is 5.57. The van der Waals surface area contributed by atoms with Crippen LogP contribution in [0.2, 0.25) is 0 Å². The number of hydrogen-bond donors (Lipinski definition) is 3. The Hall–Kier alpha value is -2.25. The second kappa shape index (κ2) is 6.96. The summed E-state index contributed by atoms with van der Waals surface area (Å²) in [5.41, 5.74) is -0.845. The van der Waals surface area contributed by atoms with Crippen LogP contribution >= 0.6 is 0 Å². The second-order valence-electron chi connectivity index (χ2n) is 4.54. The van der Waals surface area contributed by atoms with Crippen molar-refractivity contribution in [2.24, 2.45) is 5.92 Å². The molecule has 0 radical (unpaired) electrons. The van der Waals surface area contributed by atoms with Crippen LogP contribution in [0.1, 0.15) is 20.3 Å². The third kappa shape index (κ3) is 4.37. The molecule has 1 aromatic carbocycles. The zero-order chi connectivity index (χ0) is 16.2. The number of carboxylic acids is 1. The normalized spacial score (nSPS) is 13.4. The van der Waals surface area contributed by atoms with E-state index in [1.165, 1.54) is 0 Å². The fraction of sp³-hybridized carbons (Fsp3) is 0.385. The molecule has 3 N–H and O–H groups in total. The Labute approximate surface area is 119 Å². The molecular weight excluding hydrogens is 289 g/mol. The van der Waals surface area contributed by atoms with Crippen molar-refractivity contribution in [3.8, 4) is 0 Å². The molecule has 21 heavy (non-hydrogen) atoms. The van der Waals surface area contributed by atoms with Gasteiger partial charge in [-0.15, -0.1) is 0 Å². The van der Waals surface area contributed by atoms with Crippen molar-refractivity contribution in [3.63, 3.8) is 0 Å². The zero-order valence-corrected chi connectivity index (χ0v) is 11.4. The number of carbonyl (C=O) groups excluding carboxylic acids is 1. The second-order valence-corrected chi connectivity index (χ2v) is 4.54. The molecular formula is C13H15F3N2O3. The molecule has 2 amide bonds. The Bertz CT molecular complexity index is 528. The van der Waals surface area contributed by atoms with Crippen LogP contribution in [-0.2, 0) is 4.79 Å². The van der Waals surface area contributed by atoms with E-state index in [9.17, 15) is 22.8 Å². The predicted octanol–water partition coefficient (Wildman–Crippen LogP) is 2.72. The molecule has 0 aliphatic heterocycles. The van der Waals surface area contributed by atoms with Crippen LogP contribution < -0.4 is 10.6 Å². The average molecular weight is 304 g/mol. The van der Waals surface area contributed by atoms with Crippen molar-refractivity contribution in [1.29, 1.82) is 0 Å². The fourth-order valence-corrected chi connectivity index (χ4v) is 1.64. The van der Waals surface area contributed by atoms with Gasteiger partial charge >= 0.3 is 12.0 Å². The molecule has 0 aliphatic carbocycles. The maximum absolute atomic E-state index is 13.4. The Balaban J connectivity index is 2.84. The zero-order valence-electron chi connectivity index (χ0n) is 11.4. The molecule has 5 nitrogen and oxygen atoms in total. The average Bonchev–Trinajstić information content (AvgIpc) is 2.39. The van der Waals surface area contributed by atoms with Gasteiger partial charge in [0.15, 0.2) is 11.6 Å². The molecule has 1 rings (SSSR count). The van der Waals surface area contributed by atoms with Gasteiger partial charge in [-0.2, -0.15) is 0 Å². The van der Waals surface area contributed by atoms with Crippen LogP contribution in [0, 0.1) is 23.4 Å². The molecule has 0 unspecified atom stereocenters. The van der Waals surface area contributed by atoms with Gasteiger partial charge in [0.05, 0.1) is 0 Å². The van der Waals surface area contributed by atoms with Crippen molar-refractivity contribution >= 4 is 17.7 Å². The van der Waals surface area contributed by atoms with Crippen molar-refractivity contribution < 1.29 is 27.9 Å². The van der Waals surface area contributed by atoms with E-state index in [0.717, 1.165) is 0 Å². The number of carboxylic acid groups (broad SMARTS) is 1.